The molecule has 0 aromatic heterocycles. The Kier molecular flexibility index (Phi) is 3.19. The number of hydrogen-bond donors (Lipinski definition) is 0. The van der Waals surface area contributed by atoms with Gasteiger partial charge in [-0.2, -0.15) is 0 Å². The van der Waals surface area contributed by atoms with Gasteiger partial charge in [0.2, 0.25) is 0 Å². The summed E-state index contributed by atoms with van der Waals surface area (Å²) in [5.41, 5.74) is 0. The average molecular weight is 174 g/mol. The number of hydrogen-bond acceptors (Lipinski definition) is 5. The summed E-state index contributed by atoms with van der Waals surface area (Å²) in [6, 6.07) is 0. The fraction of sp³-hybridized carbons (Fsp3) is 0.714. The molecule has 1 aliphatic rings. The van der Waals surface area contributed by atoms with E-state index in [1.165, 1.54) is 0 Å². The number of Topliss-reactive ketones (excluding diaryl/α,β-unsaturated/α-hetero) is 1. The Morgan fingerprint density at radius 1 is 1.58 bits per heavy atom. The molecule has 1 fully saturated rings. The molecule has 1 rings (SSSR count). The van der Waals surface area contributed by atoms with Crippen molar-refractivity contribution < 1.29 is 23.8 Å². The van der Waals surface area contributed by atoms with Crippen molar-refractivity contribution in [2.24, 2.45) is 0 Å². The second-order valence-corrected chi connectivity index (χ2v) is 2.24. The molecule has 0 saturated carbocycles. The second-order valence-electron chi connectivity index (χ2n) is 2.24. The number of carbonyl (C=O) groups is 2. The minimum Gasteiger partial charge on any atom is -0.462 e. The van der Waals surface area contributed by atoms with Crippen molar-refractivity contribution >= 4 is 11.8 Å². The molecule has 0 atom stereocenters. The summed E-state index contributed by atoms with van der Waals surface area (Å²) in [5, 5.41) is 0. The molecule has 0 aliphatic carbocycles. The lowest BCUT2D eigenvalue weighted by atomic mass is 10.4. The van der Waals surface area contributed by atoms with E-state index in [1.54, 1.807) is 6.92 Å². The summed E-state index contributed by atoms with van der Waals surface area (Å²) < 4.78 is 14.1. The Bertz CT molecular complexity index is 178. The summed E-state index contributed by atoms with van der Waals surface area (Å²) in [6.45, 7) is 1.80. The van der Waals surface area contributed by atoms with Gasteiger partial charge < -0.3 is 14.2 Å². The second kappa shape index (κ2) is 4.18. The lowest BCUT2D eigenvalue weighted by Crippen LogP contribution is -2.38. The van der Waals surface area contributed by atoms with Crippen LogP contribution >= 0.6 is 0 Å². The van der Waals surface area contributed by atoms with Gasteiger partial charge in [0, 0.05) is 0 Å². The molecule has 0 spiro atoms. The Morgan fingerprint density at radius 2 is 2.17 bits per heavy atom. The first-order valence-electron chi connectivity index (χ1n) is 3.65. The maximum absolute atomic E-state index is 10.9. The van der Waals surface area contributed by atoms with Gasteiger partial charge in [-0.15, -0.1) is 0 Å². The van der Waals surface area contributed by atoms with Crippen LogP contribution in [0.4, 0.5) is 0 Å². The molecule has 12 heavy (non-hydrogen) atoms. The van der Waals surface area contributed by atoms with E-state index in [-0.39, 0.29) is 25.6 Å². The van der Waals surface area contributed by atoms with Crippen molar-refractivity contribution in [1.82, 2.24) is 0 Å². The summed E-state index contributed by atoms with van der Waals surface area (Å²) in [7, 11) is 0. The van der Waals surface area contributed by atoms with E-state index >= 15 is 0 Å². The van der Waals surface area contributed by atoms with E-state index < -0.39 is 12.3 Å². The lowest BCUT2D eigenvalue weighted by Gasteiger charge is -2.20. The van der Waals surface area contributed by atoms with Crippen LogP contribution in [-0.2, 0) is 23.8 Å². The number of rotatable bonds is 2. The Balaban J connectivity index is 2.33. The molecule has 0 bridgehead atoms. The van der Waals surface area contributed by atoms with E-state index in [4.69, 9.17) is 9.47 Å². The van der Waals surface area contributed by atoms with Gasteiger partial charge in [-0.25, -0.2) is 4.79 Å². The molecule has 5 nitrogen and oxygen atoms in total. The maximum Gasteiger partial charge on any atom is 0.363 e. The Morgan fingerprint density at radius 3 is 2.67 bits per heavy atom. The van der Waals surface area contributed by atoms with Crippen molar-refractivity contribution in [1.29, 1.82) is 0 Å². The Labute approximate surface area is 69.6 Å². The third-order valence-corrected chi connectivity index (χ3v) is 1.27. The van der Waals surface area contributed by atoms with Crippen LogP contribution in [0.25, 0.3) is 0 Å². The summed E-state index contributed by atoms with van der Waals surface area (Å²) >= 11 is 0. The molecule has 1 saturated heterocycles. The highest BCUT2D eigenvalue weighted by molar-refractivity contribution is 5.83. The van der Waals surface area contributed by atoms with Crippen LogP contribution in [0.1, 0.15) is 6.92 Å². The molecular formula is C7H10O5. The fourth-order valence-corrected chi connectivity index (χ4v) is 0.773. The van der Waals surface area contributed by atoms with Crippen LogP contribution in [0, 0.1) is 0 Å². The molecule has 0 radical (unpaired) electrons. The van der Waals surface area contributed by atoms with Crippen LogP contribution in [0.3, 0.4) is 0 Å². The smallest absolute Gasteiger partial charge is 0.363 e. The van der Waals surface area contributed by atoms with Gasteiger partial charge in [0.05, 0.1) is 6.61 Å². The van der Waals surface area contributed by atoms with E-state index in [2.05, 4.69) is 4.74 Å². The molecule has 0 unspecified atom stereocenters. The number of esters is 1. The molecule has 1 heterocycles. The predicted octanol–water partition coefficient (Wildman–Crippen LogP) is -0.509. The highest BCUT2D eigenvalue weighted by Gasteiger charge is 2.27. The van der Waals surface area contributed by atoms with E-state index in [0.717, 1.165) is 0 Å². The number of ether oxygens (including phenoxy) is 3. The zero-order chi connectivity index (χ0) is 8.97. The van der Waals surface area contributed by atoms with Crippen LogP contribution in [0.2, 0.25) is 0 Å². The topological polar surface area (TPSA) is 61.8 Å². The van der Waals surface area contributed by atoms with E-state index in [0.29, 0.717) is 0 Å². The minimum absolute atomic E-state index is 0.0799. The van der Waals surface area contributed by atoms with Crippen molar-refractivity contribution in [2.45, 2.75) is 13.2 Å². The van der Waals surface area contributed by atoms with Gasteiger partial charge in [0.25, 0.3) is 6.29 Å². The zero-order valence-corrected chi connectivity index (χ0v) is 6.74. The summed E-state index contributed by atoms with van der Waals surface area (Å²) in [6.07, 6.45) is -1.03. The molecule has 1 aliphatic heterocycles. The first kappa shape index (κ1) is 9.15. The third-order valence-electron chi connectivity index (χ3n) is 1.27. The van der Waals surface area contributed by atoms with Crippen LogP contribution < -0.4 is 0 Å². The normalized spacial score (nSPS) is 19.2. The minimum atomic E-state index is -1.03. The van der Waals surface area contributed by atoms with Crippen LogP contribution in [0.5, 0.6) is 0 Å². The fourth-order valence-electron chi connectivity index (χ4n) is 0.773. The molecule has 0 aromatic rings. The quantitative estimate of drug-likeness (QED) is 0.528. The average Bonchev–Trinajstić information content (AvgIpc) is 2.06. The highest BCUT2D eigenvalue weighted by Crippen LogP contribution is 2.04. The van der Waals surface area contributed by atoms with Crippen LogP contribution in [0.15, 0.2) is 0 Å². The first-order valence-corrected chi connectivity index (χ1v) is 3.65. The van der Waals surface area contributed by atoms with Gasteiger partial charge in [-0.05, 0) is 6.92 Å². The largest absolute Gasteiger partial charge is 0.462 e. The first-order chi connectivity index (χ1) is 5.74. The van der Waals surface area contributed by atoms with Gasteiger partial charge in [0.1, 0.15) is 13.2 Å². The van der Waals surface area contributed by atoms with Crippen molar-refractivity contribution in [3.8, 4) is 0 Å². The number of carbonyl (C=O) groups excluding carboxylic acids is 2. The summed E-state index contributed by atoms with van der Waals surface area (Å²) in [4.78, 5) is 21.5. The van der Waals surface area contributed by atoms with E-state index in [9.17, 15) is 9.59 Å². The van der Waals surface area contributed by atoms with E-state index in [1.807, 2.05) is 0 Å². The maximum atomic E-state index is 10.9. The van der Waals surface area contributed by atoms with Crippen molar-refractivity contribution in [3.63, 3.8) is 0 Å². The molecule has 0 amide bonds. The third kappa shape index (κ3) is 2.28. The number of ketones is 1. The zero-order valence-electron chi connectivity index (χ0n) is 6.74. The SMILES string of the molecule is CCOC(=O)C1OCC(=O)CO1. The monoisotopic (exact) mass is 174 g/mol. The molecule has 68 valence electrons. The molecule has 0 aromatic carbocycles. The van der Waals surface area contributed by atoms with Crippen molar-refractivity contribution in [3.05, 3.63) is 0 Å². The Hall–Kier alpha value is -0.940. The van der Waals surface area contributed by atoms with Crippen LogP contribution in [-0.4, -0.2) is 37.9 Å². The van der Waals surface area contributed by atoms with Gasteiger partial charge >= 0.3 is 5.97 Å². The van der Waals surface area contributed by atoms with Gasteiger partial charge in [0.15, 0.2) is 5.78 Å². The standard InChI is InChI=1S/C7H10O5/c1-2-10-6(9)7-11-3-5(8)4-12-7/h7H,2-4H2,1H3. The molecular weight excluding hydrogens is 164 g/mol. The predicted molar refractivity (Wildman–Crippen MR) is 37.3 cm³/mol. The van der Waals surface area contributed by atoms with Crippen molar-refractivity contribution in [2.75, 3.05) is 19.8 Å². The van der Waals surface area contributed by atoms with Gasteiger partial charge in [-0.3, -0.25) is 4.79 Å². The van der Waals surface area contributed by atoms with Gasteiger partial charge in [-0.1, -0.05) is 0 Å². The molecule has 5 heteroatoms. The lowest BCUT2D eigenvalue weighted by molar-refractivity contribution is -0.208. The molecule has 0 N–H and O–H groups in total. The summed E-state index contributed by atoms with van der Waals surface area (Å²) in [5.74, 6) is -0.749. The highest BCUT2D eigenvalue weighted by atomic mass is 16.7.